The Morgan fingerprint density at radius 3 is 2.66 bits per heavy atom. The van der Waals surface area contributed by atoms with Crippen LogP contribution in [0.25, 0.3) is 0 Å². The standard InChI is InChI=1S/C22H24ClN3O5S/c1-14-21(27)25-19-12-17(6-7-20(19)31-14)32(29,30)26-10-8-15(9-11-26)22(28)24-13-16-4-2-3-5-18(16)23/h2-7,12,14-15H,8-11,13H2,1H3,(H,24,28)(H,25,27). The van der Waals surface area contributed by atoms with Gasteiger partial charge in [0.05, 0.1) is 10.6 Å². The molecule has 0 saturated carbocycles. The number of nitrogens with zero attached hydrogens (tertiary/aromatic N) is 1. The first-order valence-electron chi connectivity index (χ1n) is 10.4. The van der Waals surface area contributed by atoms with Crippen LogP contribution in [0.3, 0.4) is 0 Å². The fourth-order valence-electron chi connectivity index (χ4n) is 3.82. The third-order valence-corrected chi connectivity index (χ3v) is 8.02. The molecule has 4 rings (SSSR count). The van der Waals surface area contributed by atoms with Crippen LogP contribution in [-0.2, 0) is 26.2 Å². The van der Waals surface area contributed by atoms with Gasteiger partial charge in [-0.15, -0.1) is 0 Å². The molecule has 2 aromatic rings. The van der Waals surface area contributed by atoms with Gasteiger partial charge in [-0.1, -0.05) is 29.8 Å². The number of rotatable bonds is 5. The van der Waals surface area contributed by atoms with Gasteiger partial charge in [0, 0.05) is 30.6 Å². The van der Waals surface area contributed by atoms with Crippen molar-refractivity contribution >= 4 is 39.1 Å². The average molecular weight is 478 g/mol. The molecule has 10 heteroatoms. The van der Waals surface area contributed by atoms with Gasteiger partial charge in [-0.25, -0.2) is 8.42 Å². The highest BCUT2D eigenvalue weighted by Gasteiger charge is 2.33. The quantitative estimate of drug-likeness (QED) is 0.689. The Morgan fingerprint density at radius 1 is 1.22 bits per heavy atom. The average Bonchev–Trinajstić information content (AvgIpc) is 2.79. The lowest BCUT2D eigenvalue weighted by molar-refractivity contribution is -0.126. The Kier molecular flexibility index (Phi) is 6.41. The predicted octanol–water partition coefficient (Wildman–Crippen LogP) is 2.78. The SMILES string of the molecule is CC1Oc2ccc(S(=O)(=O)N3CCC(C(=O)NCc4ccccc4Cl)CC3)cc2NC1=O. The van der Waals surface area contributed by atoms with Crippen LogP contribution in [0, 0.1) is 5.92 Å². The number of benzene rings is 2. The zero-order valence-electron chi connectivity index (χ0n) is 17.5. The number of fused-ring (bicyclic) bond motifs is 1. The molecule has 0 spiro atoms. The lowest BCUT2D eigenvalue weighted by atomic mass is 9.97. The Labute approximate surface area is 191 Å². The highest BCUT2D eigenvalue weighted by Crippen LogP contribution is 2.33. The number of hydrogen-bond acceptors (Lipinski definition) is 5. The summed E-state index contributed by atoms with van der Waals surface area (Å²) in [7, 11) is -3.76. The fourth-order valence-corrected chi connectivity index (χ4v) is 5.52. The summed E-state index contributed by atoms with van der Waals surface area (Å²) in [4.78, 5) is 24.5. The van der Waals surface area contributed by atoms with Crippen LogP contribution in [0.15, 0.2) is 47.4 Å². The van der Waals surface area contributed by atoms with Crippen molar-refractivity contribution in [3.05, 3.63) is 53.1 Å². The van der Waals surface area contributed by atoms with E-state index in [4.69, 9.17) is 16.3 Å². The molecule has 1 unspecified atom stereocenters. The van der Waals surface area contributed by atoms with E-state index in [0.29, 0.717) is 35.8 Å². The van der Waals surface area contributed by atoms with E-state index in [-0.39, 0.29) is 35.7 Å². The van der Waals surface area contributed by atoms with E-state index in [1.54, 1.807) is 19.1 Å². The fraction of sp³-hybridized carbons (Fsp3) is 0.364. The van der Waals surface area contributed by atoms with Crippen LogP contribution in [0.2, 0.25) is 5.02 Å². The Morgan fingerprint density at radius 2 is 1.94 bits per heavy atom. The summed E-state index contributed by atoms with van der Waals surface area (Å²) in [6, 6.07) is 11.7. The number of anilines is 1. The number of carbonyl (C=O) groups excluding carboxylic acids is 2. The molecule has 0 aromatic heterocycles. The van der Waals surface area contributed by atoms with Gasteiger partial charge in [0.25, 0.3) is 5.91 Å². The van der Waals surface area contributed by atoms with Crippen LogP contribution in [0.1, 0.15) is 25.3 Å². The van der Waals surface area contributed by atoms with Crippen molar-refractivity contribution in [2.75, 3.05) is 18.4 Å². The van der Waals surface area contributed by atoms with Gasteiger partial charge in [-0.3, -0.25) is 9.59 Å². The molecular formula is C22H24ClN3O5S. The topological polar surface area (TPSA) is 105 Å². The maximum Gasteiger partial charge on any atom is 0.265 e. The van der Waals surface area contributed by atoms with E-state index in [0.717, 1.165) is 5.56 Å². The minimum atomic E-state index is -3.76. The maximum absolute atomic E-state index is 13.1. The second kappa shape index (κ2) is 9.09. The zero-order valence-corrected chi connectivity index (χ0v) is 19.1. The third-order valence-electron chi connectivity index (χ3n) is 5.76. The minimum Gasteiger partial charge on any atom is -0.479 e. The number of nitrogens with one attached hydrogen (secondary N) is 2. The second-order valence-corrected chi connectivity index (χ2v) is 10.2. The maximum atomic E-state index is 13.1. The first-order chi connectivity index (χ1) is 15.3. The number of piperidine rings is 1. The van der Waals surface area contributed by atoms with Crippen LogP contribution >= 0.6 is 11.6 Å². The van der Waals surface area contributed by atoms with E-state index in [9.17, 15) is 18.0 Å². The summed E-state index contributed by atoms with van der Waals surface area (Å²) in [5, 5.41) is 6.15. The summed E-state index contributed by atoms with van der Waals surface area (Å²) >= 11 is 6.12. The summed E-state index contributed by atoms with van der Waals surface area (Å²) in [6.45, 7) is 2.43. The monoisotopic (exact) mass is 477 g/mol. The molecule has 0 aliphatic carbocycles. The number of carbonyl (C=O) groups is 2. The van der Waals surface area contributed by atoms with Gasteiger partial charge in [0.2, 0.25) is 15.9 Å². The molecule has 2 aliphatic rings. The number of halogens is 1. The number of ether oxygens (including phenoxy) is 1. The number of hydrogen-bond donors (Lipinski definition) is 2. The molecule has 1 atom stereocenters. The summed E-state index contributed by atoms with van der Waals surface area (Å²) in [6.07, 6.45) is 0.222. The van der Waals surface area contributed by atoms with E-state index in [2.05, 4.69) is 10.6 Å². The van der Waals surface area contributed by atoms with Crippen LogP contribution in [-0.4, -0.2) is 43.7 Å². The highest BCUT2D eigenvalue weighted by molar-refractivity contribution is 7.89. The molecule has 0 bridgehead atoms. The molecule has 1 saturated heterocycles. The zero-order chi connectivity index (χ0) is 22.9. The molecule has 0 radical (unpaired) electrons. The Bertz CT molecular complexity index is 1150. The van der Waals surface area contributed by atoms with Gasteiger partial charge in [-0.2, -0.15) is 4.31 Å². The largest absolute Gasteiger partial charge is 0.479 e. The highest BCUT2D eigenvalue weighted by atomic mass is 35.5. The van der Waals surface area contributed by atoms with Crippen LogP contribution in [0.4, 0.5) is 5.69 Å². The van der Waals surface area contributed by atoms with E-state index in [1.807, 2.05) is 18.2 Å². The molecule has 2 aromatic carbocycles. The number of amides is 2. The predicted molar refractivity (Wildman–Crippen MR) is 120 cm³/mol. The lowest BCUT2D eigenvalue weighted by Gasteiger charge is -2.31. The van der Waals surface area contributed by atoms with Crippen molar-refractivity contribution < 1.29 is 22.7 Å². The minimum absolute atomic E-state index is 0.0799. The summed E-state index contributed by atoms with van der Waals surface area (Å²) < 4.78 is 33.1. The molecule has 8 nitrogen and oxygen atoms in total. The molecule has 1 fully saturated rings. The molecule has 2 aliphatic heterocycles. The van der Waals surface area contributed by atoms with Gasteiger partial charge in [-0.05, 0) is 49.6 Å². The van der Waals surface area contributed by atoms with Crippen LogP contribution in [0.5, 0.6) is 5.75 Å². The Hall–Kier alpha value is -2.62. The van der Waals surface area contributed by atoms with Crippen molar-refractivity contribution in [2.24, 2.45) is 5.92 Å². The molecule has 32 heavy (non-hydrogen) atoms. The van der Waals surface area contributed by atoms with Gasteiger partial charge in [0.15, 0.2) is 6.10 Å². The second-order valence-electron chi connectivity index (χ2n) is 7.89. The normalized spacial score (nSPS) is 19.6. The van der Waals surface area contributed by atoms with Crippen molar-refractivity contribution in [3.63, 3.8) is 0 Å². The van der Waals surface area contributed by atoms with Crippen LogP contribution < -0.4 is 15.4 Å². The van der Waals surface area contributed by atoms with Gasteiger partial charge >= 0.3 is 0 Å². The number of sulfonamides is 1. The van der Waals surface area contributed by atoms with E-state index in [1.165, 1.54) is 16.4 Å². The molecule has 170 valence electrons. The molecule has 2 N–H and O–H groups in total. The molecule has 2 amide bonds. The lowest BCUT2D eigenvalue weighted by Crippen LogP contribution is -2.43. The molecular weight excluding hydrogens is 454 g/mol. The molecule has 2 heterocycles. The van der Waals surface area contributed by atoms with Gasteiger partial charge in [0.1, 0.15) is 5.75 Å². The first-order valence-corrected chi connectivity index (χ1v) is 12.2. The van der Waals surface area contributed by atoms with E-state index >= 15 is 0 Å². The van der Waals surface area contributed by atoms with E-state index < -0.39 is 16.1 Å². The smallest absolute Gasteiger partial charge is 0.265 e. The summed E-state index contributed by atoms with van der Waals surface area (Å²) in [5.74, 6) is -0.257. The van der Waals surface area contributed by atoms with Crippen molar-refractivity contribution in [1.82, 2.24) is 9.62 Å². The van der Waals surface area contributed by atoms with Crippen molar-refractivity contribution in [2.45, 2.75) is 37.3 Å². The van der Waals surface area contributed by atoms with Crippen molar-refractivity contribution in [1.29, 1.82) is 0 Å². The third kappa shape index (κ3) is 4.60. The van der Waals surface area contributed by atoms with Crippen molar-refractivity contribution in [3.8, 4) is 5.75 Å². The first kappa shape index (κ1) is 22.6. The Balaban J connectivity index is 1.37. The summed E-state index contributed by atoms with van der Waals surface area (Å²) in [5.41, 5.74) is 1.17. The van der Waals surface area contributed by atoms with Gasteiger partial charge < -0.3 is 15.4 Å².